The first-order valence-electron chi connectivity index (χ1n) is 40.1. The van der Waals surface area contributed by atoms with Crippen molar-refractivity contribution in [3.63, 3.8) is 0 Å². The van der Waals surface area contributed by atoms with Crippen molar-refractivity contribution in [3.05, 3.63) is 220 Å². The van der Waals surface area contributed by atoms with Gasteiger partial charge >= 0.3 is 41.2 Å². The Labute approximate surface area is 674 Å². The number of non-ortho nitro benzene ring substituents is 1. The van der Waals surface area contributed by atoms with Gasteiger partial charge in [0.15, 0.2) is 47.8 Å². The summed E-state index contributed by atoms with van der Waals surface area (Å²) in [6, 6.07) is 28.1. The van der Waals surface area contributed by atoms with Crippen molar-refractivity contribution in [2.45, 2.75) is 250 Å². The monoisotopic (exact) mass is 1600 g/mol. The van der Waals surface area contributed by atoms with Crippen molar-refractivity contribution in [1.29, 1.82) is 0 Å². The SMILES string of the molecule is CC(=O)c1ccc(C)cc1OC(CCC1=CCCCC1)C(=O)O.Cc1ccc(OC(CCC2=CCCCC2)C(=O)O)c([N+](=O)[O-])c1.O=C(O)C(CCC1=CCCCC1)Oc1ccc([N+](=O)[O-])cc1.O=C(O)C(CCC1=CCCCC1)Oc1ccc2ccc(=O)oc2c1.O=C1CCOc2cc(OC(CCC3=CCCCC3)C(=O)O)ccc21. The minimum absolute atomic E-state index is 0.00521. The molecule has 5 atom stereocenters. The van der Waals surface area contributed by atoms with Gasteiger partial charge in [0, 0.05) is 48.2 Å². The summed E-state index contributed by atoms with van der Waals surface area (Å²) in [7, 11) is 0. The smallest absolute Gasteiger partial charge is 0.344 e. The number of aliphatic carboxylic acids is 5. The molecule has 26 nitrogen and oxygen atoms in total. The number of fused-ring (bicyclic) bond motifs is 2. The number of hydrogen-bond donors (Lipinski definition) is 5. The third-order valence-corrected chi connectivity index (χ3v) is 20.6. The first-order chi connectivity index (χ1) is 55.7. The minimum atomic E-state index is -1.10. The Hall–Kier alpha value is -11.7. The molecule has 6 aromatic rings. The fourth-order valence-corrected chi connectivity index (χ4v) is 14.2. The van der Waals surface area contributed by atoms with Crippen molar-refractivity contribution < 1.29 is 102 Å². The molecule has 0 saturated heterocycles. The molecule has 6 aliphatic rings. The Morgan fingerprint density at radius 1 is 0.422 bits per heavy atom. The molecule has 5 unspecified atom stereocenters. The van der Waals surface area contributed by atoms with Gasteiger partial charge in [-0.05, 0) is 285 Å². The number of ketones is 2. The number of benzene rings is 5. The summed E-state index contributed by atoms with van der Waals surface area (Å²) < 4.78 is 38.4. The number of ether oxygens (including phenoxy) is 6. The lowest BCUT2D eigenvalue weighted by molar-refractivity contribution is -0.386. The highest BCUT2D eigenvalue weighted by Gasteiger charge is 2.29. The molecule has 5 aliphatic carbocycles. The van der Waals surface area contributed by atoms with Crippen LogP contribution in [0.25, 0.3) is 11.0 Å². The summed E-state index contributed by atoms with van der Waals surface area (Å²) in [5.74, 6) is -3.16. The van der Waals surface area contributed by atoms with E-state index in [0.717, 1.165) is 113 Å². The number of rotatable bonds is 33. The van der Waals surface area contributed by atoms with E-state index in [4.69, 9.17) is 32.8 Å². The van der Waals surface area contributed by atoms with Crippen LogP contribution in [0.5, 0.6) is 34.5 Å². The standard InChI is InChI=1S/C19H20O5.C19H22O5.C19H24O4.C17H21NO5.C16H19NO5/c20-18-11-8-14-7-9-15(12-17(14)24-18)23-16(19(21)22)10-6-13-4-2-1-3-5-13;20-16-10-11-23-18-12-14(7-8-15(16)18)24-17(19(21)22)9-6-13-4-2-1-3-5-13;1-13-8-10-16(14(2)20)18(12-13)23-17(19(21)22)11-9-15-6-4-3-5-7-15;1-12-7-9-15(14(11-12)18(21)22)23-16(17(19)20)10-8-13-5-3-2-4-6-13;18-16(19)15(11-6-12-4-2-1-3-5-12)22-14-9-7-13(8-10-14)17(20)21/h4,7-9,11-12,16H,1-3,5-6,10H2,(H,21,22);4,7-8,12,17H,1-3,5-6,9-11H2,(H,21,22);6,8,10,12,17H,3-5,7,9,11H2,1-2H3,(H,21,22);5,7,9,11,16H,2-4,6,8,10H2,1H3,(H,19,20);4,7-10,15H,1-3,5-6,11H2,(H,18,19). The molecule has 0 spiro atoms. The van der Waals surface area contributed by atoms with Gasteiger partial charge in [0.1, 0.15) is 34.3 Å². The average Bonchev–Trinajstić information content (AvgIpc) is 0.832. The first kappa shape index (κ1) is 89.8. The van der Waals surface area contributed by atoms with Gasteiger partial charge in [-0.25, -0.2) is 28.8 Å². The van der Waals surface area contributed by atoms with Crippen LogP contribution in [0.1, 0.15) is 238 Å². The lowest BCUT2D eigenvalue weighted by Crippen LogP contribution is -2.27. The zero-order chi connectivity index (χ0) is 83.5. The molecular weight excluding hydrogens is 1490 g/mol. The highest BCUT2D eigenvalue weighted by molar-refractivity contribution is 6.00. The van der Waals surface area contributed by atoms with E-state index in [1.165, 1.54) is 129 Å². The van der Waals surface area contributed by atoms with Crippen molar-refractivity contribution in [3.8, 4) is 34.5 Å². The number of carbonyl (C=O) groups is 7. The maximum absolute atomic E-state index is 11.8. The van der Waals surface area contributed by atoms with Gasteiger partial charge in [-0.2, -0.15) is 0 Å². The van der Waals surface area contributed by atoms with E-state index in [2.05, 4.69) is 30.4 Å². The van der Waals surface area contributed by atoms with Crippen LogP contribution in [0.3, 0.4) is 0 Å². The molecular formula is C90H106N2O24. The van der Waals surface area contributed by atoms with Crippen LogP contribution in [0.15, 0.2) is 177 Å². The van der Waals surface area contributed by atoms with Crippen LogP contribution < -0.4 is 34.0 Å². The molecule has 0 bridgehead atoms. The van der Waals surface area contributed by atoms with Crippen molar-refractivity contribution in [2.24, 2.45) is 0 Å². The second-order valence-electron chi connectivity index (χ2n) is 29.6. The zero-order valence-corrected chi connectivity index (χ0v) is 66.2. The molecule has 116 heavy (non-hydrogen) atoms. The van der Waals surface area contributed by atoms with E-state index in [1.807, 2.05) is 13.0 Å². The second-order valence-corrected chi connectivity index (χ2v) is 29.6. The number of Topliss-reactive ketones (excluding diaryl/α,β-unsaturated/α-hetero) is 2. The van der Waals surface area contributed by atoms with E-state index in [-0.39, 0.29) is 28.7 Å². The number of hydrogen-bond acceptors (Lipinski definition) is 19. The summed E-state index contributed by atoms with van der Waals surface area (Å²) in [4.78, 5) is 113. The Morgan fingerprint density at radius 2 is 0.810 bits per heavy atom. The minimum Gasteiger partial charge on any atom is -0.492 e. The Balaban J connectivity index is 0.000000181. The predicted molar refractivity (Wildman–Crippen MR) is 435 cm³/mol. The van der Waals surface area contributed by atoms with Gasteiger partial charge in [0.25, 0.3) is 5.69 Å². The number of allylic oxidation sites excluding steroid dienone is 10. The Kier molecular flexibility index (Phi) is 36.1. The summed E-state index contributed by atoms with van der Waals surface area (Å²) in [5, 5.41) is 69.3. The van der Waals surface area contributed by atoms with Crippen molar-refractivity contribution in [1.82, 2.24) is 0 Å². The number of carboxylic acid groups (broad SMARTS) is 5. The number of nitro groups is 2. The highest BCUT2D eigenvalue weighted by atomic mass is 16.6. The first-order valence-corrected chi connectivity index (χ1v) is 40.1. The Morgan fingerprint density at radius 3 is 1.22 bits per heavy atom. The quantitative estimate of drug-likeness (QED) is 0.00840. The van der Waals surface area contributed by atoms with E-state index >= 15 is 0 Å². The number of nitrogens with zero attached hydrogens (tertiary/aromatic N) is 2. The summed E-state index contributed by atoms with van der Waals surface area (Å²) in [6.07, 6.45) is 34.6. The number of aryl methyl sites for hydroxylation is 2. The van der Waals surface area contributed by atoms with Gasteiger partial charge in [-0.15, -0.1) is 0 Å². The molecule has 0 saturated carbocycles. The fourth-order valence-electron chi connectivity index (χ4n) is 14.2. The molecule has 5 aromatic carbocycles. The molecule has 26 heteroatoms. The molecule has 12 rings (SSSR count). The average molecular weight is 1600 g/mol. The zero-order valence-electron chi connectivity index (χ0n) is 66.2. The van der Waals surface area contributed by atoms with Crippen LogP contribution >= 0.6 is 0 Å². The summed E-state index contributed by atoms with van der Waals surface area (Å²) in [5.41, 5.74) is 8.84. The lowest BCUT2D eigenvalue weighted by atomic mass is 9.95. The van der Waals surface area contributed by atoms with E-state index in [1.54, 1.807) is 67.6 Å². The number of nitro benzene ring substituents is 2. The number of carboxylic acids is 5. The molecule has 0 amide bonds. The molecule has 2 heterocycles. The third kappa shape index (κ3) is 30.2. The normalized spacial score (nSPS) is 16.2. The topological polar surface area (TPSA) is 393 Å². The molecule has 0 fully saturated rings. The fraction of sp³-hybridized carbons (Fsp3) is 0.444. The van der Waals surface area contributed by atoms with Crippen LogP contribution in [0.2, 0.25) is 0 Å². The number of carbonyl (C=O) groups excluding carboxylic acids is 2. The molecule has 0 radical (unpaired) electrons. The highest BCUT2D eigenvalue weighted by Crippen LogP contribution is 2.35. The second kappa shape index (κ2) is 46.6. The molecule has 1 aliphatic heterocycles. The predicted octanol–water partition coefficient (Wildman–Crippen LogP) is 19.7. The van der Waals surface area contributed by atoms with E-state index < -0.39 is 75.8 Å². The Bertz CT molecular complexity index is 4620. The van der Waals surface area contributed by atoms with E-state index in [9.17, 15) is 84.1 Å². The maximum Gasteiger partial charge on any atom is 0.344 e. The third-order valence-electron chi connectivity index (χ3n) is 20.6. The van der Waals surface area contributed by atoms with Gasteiger partial charge in [0.2, 0.25) is 0 Å². The van der Waals surface area contributed by atoms with Gasteiger partial charge in [-0.1, -0.05) is 70.4 Å². The largest absolute Gasteiger partial charge is 0.492 e. The van der Waals surface area contributed by atoms with E-state index in [0.29, 0.717) is 103 Å². The summed E-state index contributed by atoms with van der Waals surface area (Å²) >= 11 is 0. The van der Waals surface area contributed by atoms with Crippen LogP contribution in [-0.2, 0) is 24.0 Å². The maximum atomic E-state index is 11.8. The van der Waals surface area contributed by atoms with Crippen LogP contribution in [0.4, 0.5) is 11.4 Å². The van der Waals surface area contributed by atoms with Crippen LogP contribution in [-0.4, -0.2) is 114 Å². The molecule has 5 N–H and O–H groups in total. The van der Waals surface area contributed by atoms with Crippen molar-refractivity contribution in [2.75, 3.05) is 6.61 Å². The van der Waals surface area contributed by atoms with Gasteiger partial charge < -0.3 is 58.4 Å². The van der Waals surface area contributed by atoms with Gasteiger partial charge in [0.05, 0.1) is 27.6 Å². The van der Waals surface area contributed by atoms with Gasteiger partial charge in [-0.3, -0.25) is 29.8 Å². The molecule has 1 aromatic heterocycles. The van der Waals surface area contributed by atoms with Crippen molar-refractivity contribution >= 4 is 63.8 Å². The van der Waals surface area contributed by atoms with Crippen LogP contribution in [0, 0.1) is 34.1 Å². The summed E-state index contributed by atoms with van der Waals surface area (Å²) in [6.45, 7) is 5.44. The molecule has 620 valence electrons. The lowest BCUT2D eigenvalue weighted by Gasteiger charge is -2.20.